The van der Waals surface area contributed by atoms with Crippen LogP contribution in [0.5, 0.6) is 5.75 Å². The van der Waals surface area contributed by atoms with Crippen LogP contribution in [0.25, 0.3) is 0 Å². The molecule has 2 aromatic carbocycles. The van der Waals surface area contributed by atoms with Crippen LogP contribution >= 0.6 is 0 Å². The molecular formula is C30H38N2O6S. The molecule has 0 spiro atoms. The first kappa shape index (κ1) is 29.1. The molecule has 2 aliphatic rings. The van der Waals surface area contributed by atoms with Gasteiger partial charge in [-0.2, -0.15) is 4.31 Å². The molecule has 39 heavy (non-hydrogen) atoms. The average Bonchev–Trinajstić information content (AvgIpc) is 3.36. The first-order chi connectivity index (χ1) is 18.5. The van der Waals surface area contributed by atoms with Gasteiger partial charge in [-0.15, -0.1) is 0 Å². The van der Waals surface area contributed by atoms with Crippen LogP contribution in [0, 0.1) is 17.8 Å². The Hall–Kier alpha value is -2.90. The van der Waals surface area contributed by atoms with Gasteiger partial charge in [-0.05, 0) is 56.4 Å². The number of aliphatic hydroxyl groups is 2. The summed E-state index contributed by atoms with van der Waals surface area (Å²) in [5, 5.41) is 20.5. The maximum Gasteiger partial charge on any atom is 0.247 e. The Morgan fingerprint density at radius 2 is 1.90 bits per heavy atom. The van der Waals surface area contributed by atoms with E-state index in [9.17, 15) is 23.4 Å². The molecule has 1 heterocycles. The number of hydrogen-bond donors (Lipinski definition) is 2. The van der Waals surface area contributed by atoms with Gasteiger partial charge >= 0.3 is 0 Å². The second-order valence-corrected chi connectivity index (χ2v) is 12.7. The van der Waals surface area contributed by atoms with E-state index < -0.39 is 27.8 Å². The summed E-state index contributed by atoms with van der Waals surface area (Å²) in [6, 6.07) is 13.5. The molecule has 8 nitrogen and oxygen atoms in total. The van der Waals surface area contributed by atoms with Crippen LogP contribution in [0.15, 0.2) is 53.4 Å². The lowest BCUT2D eigenvalue weighted by Crippen LogP contribution is -2.50. The zero-order valence-corrected chi connectivity index (χ0v) is 23.7. The van der Waals surface area contributed by atoms with Gasteiger partial charge in [-0.1, -0.05) is 49.1 Å². The van der Waals surface area contributed by atoms with Crippen LogP contribution in [-0.2, 0) is 21.2 Å². The Morgan fingerprint density at radius 3 is 2.56 bits per heavy atom. The molecule has 2 aromatic rings. The van der Waals surface area contributed by atoms with Gasteiger partial charge < -0.3 is 19.8 Å². The summed E-state index contributed by atoms with van der Waals surface area (Å²) in [6.45, 7) is 3.60. The number of hydrogen-bond acceptors (Lipinski definition) is 6. The standard InChI is InChI=1S/C30H38N2O6S/c1-22-19-32(23(2)21-33)39(36,37)28-12-11-25(13-16-30(35)14-7-8-15-30)17-26(28)38-27(22)20-31(3)29(34)18-24-9-5-4-6-10-24/h4-6,9-12,17,22-23,27,33,35H,7-8,14-15,18-21H2,1-3H3/t22-,23-,27+/m0/s1. The van der Waals surface area contributed by atoms with E-state index in [1.54, 1.807) is 31.0 Å². The van der Waals surface area contributed by atoms with Crippen molar-refractivity contribution in [2.75, 3.05) is 26.7 Å². The van der Waals surface area contributed by atoms with E-state index in [1.807, 2.05) is 37.3 Å². The monoisotopic (exact) mass is 554 g/mol. The Kier molecular flexibility index (Phi) is 9.02. The van der Waals surface area contributed by atoms with Gasteiger partial charge in [0.05, 0.1) is 19.6 Å². The van der Waals surface area contributed by atoms with Crippen LogP contribution in [0.1, 0.15) is 50.7 Å². The van der Waals surface area contributed by atoms with Crippen molar-refractivity contribution >= 4 is 15.9 Å². The summed E-state index contributed by atoms with van der Waals surface area (Å²) < 4.78 is 35.0. The number of fused-ring (bicyclic) bond motifs is 1. The zero-order valence-electron chi connectivity index (χ0n) is 22.8. The Morgan fingerprint density at radius 1 is 1.21 bits per heavy atom. The van der Waals surface area contributed by atoms with Crippen molar-refractivity contribution in [3.63, 3.8) is 0 Å². The van der Waals surface area contributed by atoms with Gasteiger partial charge in [-0.25, -0.2) is 8.42 Å². The molecule has 1 amide bonds. The van der Waals surface area contributed by atoms with E-state index in [4.69, 9.17) is 4.74 Å². The third kappa shape index (κ3) is 6.82. The first-order valence-corrected chi connectivity index (χ1v) is 14.9. The normalized spacial score (nSPS) is 22.8. The van der Waals surface area contributed by atoms with Crippen molar-refractivity contribution in [1.29, 1.82) is 0 Å². The minimum Gasteiger partial charge on any atom is -0.487 e. The van der Waals surface area contributed by atoms with Crippen LogP contribution < -0.4 is 4.74 Å². The van der Waals surface area contributed by atoms with E-state index in [2.05, 4.69) is 11.8 Å². The van der Waals surface area contributed by atoms with Crippen molar-refractivity contribution in [1.82, 2.24) is 9.21 Å². The molecule has 1 fully saturated rings. The number of nitrogens with zero attached hydrogens (tertiary/aromatic N) is 2. The molecule has 1 aliphatic heterocycles. The number of sulfonamides is 1. The van der Waals surface area contributed by atoms with Gasteiger partial charge in [0.2, 0.25) is 15.9 Å². The summed E-state index contributed by atoms with van der Waals surface area (Å²) >= 11 is 0. The van der Waals surface area contributed by atoms with Gasteiger partial charge in [0.15, 0.2) is 0 Å². The first-order valence-electron chi connectivity index (χ1n) is 13.5. The van der Waals surface area contributed by atoms with E-state index in [0.29, 0.717) is 18.4 Å². The Labute approximate surface area is 231 Å². The number of amides is 1. The molecule has 210 valence electrons. The van der Waals surface area contributed by atoms with Gasteiger partial charge in [0.25, 0.3) is 0 Å². The van der Waals surface area contributed by atoms with Crippen molar-refractivity contribution in [3.8, 4) is 17.6 Å². The Balaban J connectivity index is 1.66. The number of likely N-dealkylation sites (N-methyl/N-ethyl adjacent to an activating group) is 1. The lowest BCUT2D eigenvalue weighted by molar-refractivity contribution is -0.130. The number of benzene rings is 2. The predicted octanol–water partition coefficient (Wildman–Crippen LogP) is 2.81. The fourth-order valence-electron chi connectivity index (χ4n) is 5.07. The maximum atomic E-state index is 13.7. The lowest BCUT2D eigenvalue weighted by Gasteiger charge is -2.37. The summed E-state index contributed by atoms with van der Waals surface area (Å²) in [5.74, 6) is 5.75. The predicted molar refractivity (Wildman–Crippen MR) is 149 cm³/mol. The highest BCUT2D eigenvalue weighted by molar-refractivity contribution is 7.89. The smallest absolute Gasteiger partial charge is 0.247 e. The van der Waals surface area contributed by atoms with E-state index in [1.165, 1.54) is 10.4 Å². The van der Waals surface area contributed by atoms with E-state index >= 15 is 0 Å². The number of carbonyl (C=O) groups is 1. The highest BCUT2D eigenvalue weighted by Crippen LogP contribution is 2.34. The molecular weight excluding hydrogens is 516 g/mol. The molecule has 0 bridgehead atoms. The summed E-state index contributed by atoms with van der Waals surface area (Å²) in [5.41, 5.74) is 0.419. The third-order valence-corrected chi connectivity index (χ3v) is 9.63. The second kappa shape index (κ2) is 12.1. The van der Waals surface area contributed by atoms with Crippen LogP contribution in [-0.4, -0.2) is 78.2 Å². The molecule has 2 N–H and O–H groups in total. The van der Waals surface area contributed by atoms with Crippen molar-refractivity contribution in [2.24, 2.45) is 5.92 Å². The fraction of sp³-hybridized carbons (Fsp3) is 0.500. The largest absolute Gasteiger partial charge is 0.487 e. The molecule has 0 saturated heterocycles. The third-order valence-electron chi connectivity index (χ3n) is 7.62. The summed E-state index contributed by atoms with van der Waals surface area (Å²) in [7, 11) is -2.27. The second-order valence-electron chi connectivity index (χ2n) is 10.8. The zero-order chi connectivity index (χ0) is 28.2. The Bertz CT molecular complexity index is 1330. The van der Waals surface area contributed by atoms with Crippen molar-refractivity contribution in [3.05, 3.63) is 59.7 Å². The van der Waals surface area contributed by atoms with Crippen molar-refractivity contribution < 1.29 is 28.2 Å². The molecule has 9 heteroatoms. The fourth-order valence-corrected chi connectivity index (χ4v) is 6.90. The van der Waals surface area contributed by atoms with Crippen LogP contribution in [0.3, 0.4) is 0 Å². The SMILES string of the molecule is C[C@H]1CN([C@@H](C)CO)S(=O)(=O)c2ccc(C#CC3(O)CCCC3)cc2O[C@@H]1CN(C)C(=O)Cc1ccccc1. The van der Waals surface area contributed by atoms with Crippen molar-refractivity contribution in [2.45, 2.75) is 68.6 Å². The van der Waals surface area contributed by atoms with Crippen LogP contribution in [0.2, 0.25) is 0 Å². The average molecular weight is 555 g/mol. The topological polar surface area (TPSA) is 107 Å². The molecule has 0 radical (unpaired) electrons. The highest BCUT2D eigenvalue weighted by atomic mass is 32.2. The highest BCUT2D eigenvalue weighted by Gasteiger charge is 2.38. The van der Waals surface area contributed by atoms with E-state index in [-0.39, 0.29) is 48.6 Å². The van der Waals surface area contributed by atoms with Crippen LogP contribution in [0.4, 0.5) is 0 Å². The quantitative estimate of drug-likeness (QED) is 0.532. The number of rotatable bonds is 6. The number of ether oxygens (including phenoxy) is 1. The van der Waals surface area contributed by atoms with Gasteiger partial charge in [0.1, 0.15) is 22.4 Å². The molecule has 0 unspecified atom stereocenters. The number of aliphatic hydroxyl groups excluding tert-OH is 1. The minimum absolute atomic E-state index is 0.0110. The molecule has 4 rings (SSSR count). The lowest BCUT2D eigenvalue weighted by atomic mass is 10.0. The minimum atomic E-state index is -3.99. The number of carbonyl (C=O) groups excluding carboxylic acids is 1. The summed E-state index contributed by atoms with van der Waals surface area (Å²) in [6.07, 6.45) is 2.82. The molecule has 3 atom stereocenters. The molecule has 0 aromatic heterocycles. The maximum absolute atomic E-state index is 13.7. The van der Waals surface area contributed by atoms with Gasteiger partial charge in [-0.3, -0.25) is 4.79 Å². The molecule has 1 aliphatic carbocycles. The summed E-state index contributed by atoms with van der Waals surface area (Å²) in [4.78, 5) is 14.6. The van der Waals surface area contributed by atoms with E-state index in [0.717, 1.165) is 18.4 Å². The molecule has 1 saturated carbocycles. The van der Waals surface area contributed by atoms with Gasteiger partial charge in [0, 0.05) is 31.1 Å².